The molecule has 0 aliphatic heterocycles. The second kappa shape index (κ2) is 9.66. The minimum Gasteiger partial charge on any atom is -0.459 e. The predicted octanol–water partition coefficient (Wildman–Crippen LogP) is 5.37. The summed E-state index contributed by atoms with van der Waals surface area (Å²) in [5.41, 5.74) is 2.90. The maximum Gasteiger partial charge on any atom is 0.338 e. The molecule has 1 atom stereocenters. The second-order valence-corrected chi connectivity index (χ2v) is 5.89. The lowest BCUT2D eigenvalue weighted by molar-refractivity contribution is 0.0329. The Morgan fingerprint density at radius 3 is 2.50 bits per heavy atom. The Hall–Kier alpha value is -2.42. The van der Waals surface area contributed by atoms with E-state index in [1.807, 2.05) is 43.5 Å². The molecule has 0 aliphatic rings. The van der Waals surface area contributed by atoms with Crippen LogP contribution in [0.15, 0.2) is 59.6 Å². The van der Waals surface area contributed by atoms with Gasteiger partial charge >= 0.3 is 5.97 Å². The number of carbonyl (C=O) groups is 1. The van der Waals surface area contributed by atoms with E-state index in [0.717, 1.165) is 31.4 Å². The number of ether oxygens (including phenoxy) is 1. The maximum absolute atomic E-state index is 11.9. The summed E-state index contributed by atoms with van der Waals surface area (Å²) >= 11 is 0. The second-order valence-electron chi connectivity index (χ2n) is 5.89. The summed E-state index contributed by atoms with van der Waals surface area (Å²) in [5.74, 6) is -0.272. The van der Waals surface area contributed by atoms with Gasteiger partial charge in [-0.25, -0.2) is 4.79 Å². The van der Waals surface area contributed by atoms with Crippen molar-refractivity contribution in [1.82, 2.24) is 0 Å². The zero-order chi connectivity index (χ0) is 17.2. The van der Waals surface area contributed by atoms with Gasteiger partial charge in [0, 0.05) is 6.21 Å². The van der Waals surface area contributed by atoms with Crippen LogP contribution in [0.25, 0.3) is 0 Å². The molecule has 0 spiro atoms. The maximum atomic E-state index is 11.9. The molecule has 24 heavy (non-hydrogen) atoms. The molecule has 0 N–H and O–H groups in total. The van der Waals surface area contributed by atoms with Crippen molar-refractivity contribution in [2.24, 2.45) is 4.99 Å². The summed E-state index contributed by atoms with van der Waals surface area (Å²) < 4.78 is 5.43. The number of rotatable bonds is 8. The van der Waals surface area contributed by atoms with Crippen LogP contribution in [-0.2, 0) is 11.2 Å². The van der Waals surface area contributed by atoms with E-state index in [1.54, 1.807) is 12.1 Å². The first-order valence-corrected chi connectivity index (χ1v) is 8.56. The fraction of sp³-hybridized carbons (Fsp3) is 0.333. The number of aliphatic imine (C=N–C) groups is 1. The topological polar surface area (TPSA) is 38.7 Å². The Balaban J connectivity index is 1.73. The summed E-state index contributed by atoms with van der Waals surface area (Å²) in [6, 6.07) is 17.4. The molecular weight excluding hydrogens is 298 g/mol. The van der Waals surface area contributed by atoms with E-state index in [4.69, 9.17) is 4.74 Å². The van der Waals surface area contributed by atoms with E-state index in [0.29, 0.717) is 5.56 Å². The first kappa shape index (κ1) is 17.9. The van der Waals surface area contributed by atoms with Gasteiger partial charge in [-0.2, -0.15) is 0 Å². The summed E-state index contributed by atoms with van der Waals surface area (Å²) in [6.45, 7) is 4.09. The Kier molecular flexibility index (Phi) is 7.21. The summed E-state index contributed by atoms with van der Waals surface area (Å²) in [4.78, 5) is 16.4. The van der Waals surface area contributed by atoms with Crippen LogP contribution in [0.1, 0.15) is 49.0 Å². The number of nitrogens with zero attached hydrogens (tertiary/aromatic N) is 1. The van der Waals surface area contributed by atoms with Crippen molar-refractivity contribution < 1.29 is 9.53 Å². The molecule has 0 aromatic heterocycles. The summed E-state index contributed by atoms with van der Waals surface area (Å²) in [7, 11) is 0. The van der Waals surface area contributed by atoms with E-state index in [9.17, 15) is 4.79 Å². The van der Waals surface area contributed by atoms with Crippen molar-refractivity contribution in [1.29, 1.82) is 0 Å². The van der Waals surface area contributed by atoms with Crippen molar-refractivity contribution in [2.75, 3.05) is 0 Å². The number of hydrogen-bond donors (Lipinski definition) is 0. The van der Waals surface area contributed by atoms with Crippen LogP contribution in [0.4, 0.5) is 5.69 Å². The van der Waals surface area contributed by atoms with E-state index in [-0.39, 0.29) is 12.1 Å². The van der Waals surface area contributed by atoms with Gasteiger partial charge in [-0.05, 0) is 56.0 Å². The molecular formula is C21H25NO2. The van der Waals surface area contributed by atoms with Gasteiger partial charge in [0.05, 0.1) is 17.4 Å². The number of benzene rings is 2. The first-order chi connectivity index (χ1) is 11.7. The Bertz CT molecular complexity index is 647. The highest BCUT2D eigenvalue weighted by atomic mass is 16.5. The zero-order valence-electron chi connectivity index (χ0n) is 14.4. The fourth-order valence-corrected chi connectivity index (χ4v) is 2.40. The molecule has 0 saturated carbocycles. The normalized spacial score (nSPS) is 12.2. The third-order valence-electron chi connectivity index (χ3n) is 3.74. The van der Waals surface area contributed by atoms with Gasteiger partial charge in [0.2, 0.25) is 0 Å². The van der Waals surface area contributed by atoms with Crippen LogP contribution >= 0.6 is 0 Å². The lowest BCUT2D eigenvalue weighted by Gasteiger charge is -2.11. The molecule has 126 valence electrons. The molecule has 2 rings (SSSR count). The van der Waals surface area contributed by atoms with Crippen molar-refractivity contribution in [3.05, 3.63) is 65.7 Å². The van der Waals surface area contributed by atoms with Crippen molar-refractivity contribution in [3.8, 4) is 0 Å². The van der Waals surface area contributed by atoms with Crippen LogP contribution in [0.5, 0.6) is 0 Å². The minimum atomic E-state index is -0.272. The summed E-state index contributed by atoms with van der Waals surface area (Å²) in [6.07, 6.45) is 5.56. The largest absolute Gasteiger partial charge is 0.459 e. The molecule has 2 aromatic carbocycles. The van der Waals surface area contributed by atoms with Crippen LogP contribution in [0.3, 0.4) is 0 Å². The third kappa shape index (κ3) is 5.99. The van der Waals surface area contributed by atoms with Gasteiger partial charge in [-0.1, -0.05) is 43.7 Å². The zero-order valence-corrected chi connectivity index (χ0v) is 14.4. The molecule has 0 bridgehead atoms. The van der Waals surface area contributed by atoms with Crippen LogP contribution < -0.4 is 0 Å². The van der Waals surface area contributed by atoms with Gasteiger partial charge in [0.25, 0.3) is 0 Å². The van der Waals surface area contributed by atoms with E-state index < -0.39 is 0 Å². The molecule has 3 heteroatoms. The Morgan fingerprint density at radius 2 is 1.83 bits per heavy atom. The van der Waals surface area contributed by atoms with Crippen molar-refractivity contribution in [2.45, 2.75) is 45.6 Å². The molecule has 0 amide bonds. The van der Waals surface area contributed by atoms with Gasteiger partial charge < -0.3 is 4.74 Å². The standard InChI is InChI=1S/C21H25NO2/c1-3-8-18-12-14-20(15-13-18)22-16-7-9-17(2)24-21(23)19-10-5-4-6-11-19/h4-6,10-17H,3,7-9H2,1-2H3. The van der Waals surface area contributed by atoms with Gasteiger partial charge in [0.1, 0.15) is 0 Å². The number of esters is 1. The molecule has 0 radical (unpaired) electrons. The van der Waals surface area contributed by atoms with Crippen LogP contribution in [0, 0.1) is 0 Å². The lowest BCUT2D eigenvalue weighted by atomic mass is 10.1. The van der Waals surface area contributed by atoms with Crippen molar-refractivity contribution >= 4 is 17.9 Å². The highest BCUT2D eigenvalue weighted by Gasteiger charge is 2.10. The fourth-order valence-electron chi connectivity index (χ4n) is 2.40. The Morgan fingerprint density at radius 1 is 1.12 bits per heavy atom. The quantitative estimate of drug-likeness (QED) is 0.484. The molecule has 0 heterocycles. The molecule has 0 saturated heterocycles. The lowest BCUT2D eigenvalue weighted by Crippen LogP contribution is -2.15. The molecule has 2 aromatic rings. The van der Waals surface area contributed by atoms with E-state index in [2.05, 4.69) is 24.0 Å². The van der Waals surface area contributed by atoms with Crippen LogP contribution in [0.2, 0.25) is 0 Å². The smallest absolute Gasteiger partial charge is 0.338 e. The molecule has 0 fully saturated rings. The number of hydrogen-bond acceptors (Lipinski definition) is 3. The Labute approximate surface area is 144 Å². The average molecular weight is 323 g/mol. The SMILES string of the molecule is CCCc1ccc(N=CCCC(C)OC(=O)c2ccccc2)cc1. The number of aryl methyl sites for hydroxylation is 1. The first-order valence-electron chi connectivity index (χ1n) is 8.56. The van der Waals surface area contributed by atoms with Gasteiger partial charge in [0.15, 0.2) is 0 Å². The molecule has 3 nitrogen and oxygen atoms in total. The highest BCUT2D eigenvalue weighted by Crippen LogP contribution is 2.14. The van der Waals surface area contributed by atoms with E-state index >= 15 is 0 Å². The molecule has 0 aliphatic carbocycles. The average Bonchev–Trinajstić information content (AvgIpc) is 2.61. The van der Waals surface area contributed by atoms with E-state index in [1.165, 1.54) is 5.56 Å². The highest BCUT2D eigenvalue weighted by molar-refractivity contribution is 5.89. The van der Waals surface area contributed by atoms with Gasteiger partial charge in [-0.15, -0.1) is 0 Å². The van der Waals surface area contributed by atoms with Crippen molar-refractivity contribution in [3.63, 3.8) is 0 Å². The van der Waals surface area contributed by atoms with Crippen LogP contribution in [-0.4, -0.2) is 18.3 Å². The number of carbonyl (C=O) groups excluding carboxylic acids is 1. The monoisotopic (exact) mass is 323 g/mol. The summed E-state index contributed by atoms with van der Waals surface area (Å²) in [5, 5.41) is 0. The molecule has 1 unspecified atom stereocenters. The van der Waals surface area contributed by atoms with Gasteiger partial charge in [-0.3, -0.25) is 4.99 Å². The third-order valence-corrected chi connectivity index (χ3v) is 3.74. The minimum absolute atomic E-state index is 0.129. The predicted molar refractivity (Wildman–Crippen MR) is 99.1 cm³/mol.